The molecule has 0 radical (unpaired) electrons. The quantitative estimate of drug-likeness (QED) is 0.0664. The van der Waals surface area contributed by atoms with Gasteiger partial charge in [-0.15, -0.1) is 0 Å². The molecule has 0 bridgehead atoms. The molecule has 11 rings (SSSR count). The molecule has 74 heavy (non-hydrogen) atoms. The lowest BCUT2D eigenvalue weighted by Gasteiger charge is -2.60. The van der Waals surface area contributed by atoms with Crippen LogP contribution in [0.1, 0.15) is 106 Å². The molecule has 6 heterocycles. The van der Waals surface area contributed by atoms with E-state index in [9.17, 15) is 41.2 Å². The fourth-order valence-corrected chi connectivity index (χ4v) is 14.6. The highest BCUT2D eigenvalue weighted by Crippen LogP contribution is 2.47. The summed E-state index contributed by atoms with van der Waals surface area (Å²) >= 11 is 0. The van der Waals surface area contributed by atoms with Gasteiger partial charge in [-0.2, -0.15) is 4.31 Å². The second-order valence-corrected chi connectivity index (χ2v) is 25.7. The number of hydrazine groups is 1. The van der Waals surface area contributed by atoms with Crippen LogP contribution in [-0.2, 0) is 20.0 Å². The molecule has 6 aliphatic rings. The number of fused-ring (bicyclic) bond motifs is 2. The number of carbonyl (C=O) groups excluding carboxylic acids is 1. The molecule has 0 unspecified atom stereocenters. The van der Waals surface area contributed by atoms with Gasteiger partial charge < -0.3 is 29.8 Å². The summed E-state index contributed by atoms with van der Waals surface area (Å²) in [6.45, 7) is 10.7. The first-order chi connectivity index (χ1) is 35.3. The zero-order valence-electron chi connectivity index (χ0n) is 41.6. The number of halogens is 1. The van der Waals surface area contributed by atoms with Crippen LogP contribution >= 0.6 is 0 Å². The number of amides is 1. The van der Waals surface area contributed by atoms with Gasteiger partial charge in [0.05, 0.1) is 49.9 Å². The van der Waals surface area contributed by atoms with Gasteiger partial charge in [-0.1, -0.05) is 38.1 Å². The molecule has 5 fully saturated rings. The molecular formula is C52H62FN9O10S2. The van der Waals surface area contributed by atoms with Crippen molar-refractivity contribution in [3.63, 3.8) is 0 Å². The van der Waals surface area contributed by atoms with Crippen molar-refractivity contribution >= 4 is 54.0 Å². The number of anilines is 2. The number of nitrogens with zero attached hydrogens (tertiary/aromatic N) is 6. The van der Waals surface area contributed by atoms with Gasteiger partial charge in [0.25, 0.3) is 21.6 Å². The fraction of sp³-hybridized carbons (Fsp3) is 0.500. The third-order valence-electron chi connectivity index (χ3n) is 16.3. The second kappa shape index (κ2) is 19.0. The summed E-state index contributed by atoms with van der Waals surface area (Å²) in [6.07, 6.45) is 8.18. The predicted molar refractivity (Wildman–Crippen MR) is 275 cm³/mol. The molecule has 2 aliphatic carbocycles. The number of nitrogens with one attached hydrogen (secondary N) is 3. The summed E-state index contributed by atoms with van der Waals surface area (Å²) in [5.74, 6) is -1.30. The number of carbonyl (C=O) groups is 1. The van der Waals surface area contributed by atoms with Gasteiger partial charge in [-0.05, 0) is 99.5 Å². The molecule has 4 N–H and O–H groups in total. The Bertz CT molecular complexity index is 3230. The molecule has 22 heteroatoms. The number of aliphatic hydroxyl groups is 1. The number of ether oxygens (including phenoxy) is 2. The maximum atomic E-state index is 14.7. The molecule has 1 spiro atoms. The maximum Gasteiger partial charge on any atom is 0.297 e. The first kappa shape index (κ1) is 50.3. The van der Waals surface area contributed by atoms with E-state index in [1.807, 2.05) is 12.1 Å². The lowest BCUT2D eigenvalue weighted by atomic mass is 9.72. The van der Waals surface area contributed by atoms with Crippen molar-refractivity contribution in [2.45, 2.75) is 106 Å². The average molecular weight is 1060 g/mol. The minimum absolute atomic E-state index is 0.0259. The van der Waals surface area contributed by atoms with E-state index < -0.39 is 52.9 Å². The predicted octanol–water partition coefficient (Wildman–Crippen LogP) is 7.43. The summed E-state index contributed by atoms with van der Waals surface area (Å²) in [5.41, 5.74) is 1.94. The number of hydrogen-bond acceptors (Lipinski definition) is 15. The topological polar surface area (TPSA) is 233 Å². The van der Waals surface area contributed by atoms with Crippen LogP contribution in [0.15, 0.2) is 78.0 Å². The Morgan fingerprint density at radius 3 is 2.45 bits per heavy atom. The van der Waals surface area contributed by atoms with Crippen LogP contribution in [0.5, 0.6) is 17.2 Å². The number of benzene rings is 3. The van der Waals surface area contributed by atoms with Crippen molar-refractivity contribution in [3.05, 3.63) is 106 Å². The van der Waals surface area contributed by atoms with Gasteiger partial charge in [0.2, 0.25) is 10.0 Å². The SMILES string of the molecule is CC(C)c1ccccc1[C@H]1CN(S(=O)(=O)C2CC2)CCN1N1CC2(CCN(c3ccc(C(=O)NS(=O)(=O)c4cc5c(c([N+](=O)[O-])c4)N[C@@H]([C@H]4CC[C@](C)(O)CC4)CO5)c(Oc4cnc5[nH]cc(F)c5c4)c3)CC2)C1. The normalized spacial score (nSPS) is 24.7. The maximum absolute atomic E-state index is 14.7. The molecule has 394 valence electrons. The van der Waals surface area contributed by atoms with Gasteiger partial charge in [0.1, 0.15) is 29.6 Å². The number of piperidine rings is 1. The van der Waals surface area contributed by atoms with Crippen LogP contribution in [-0.4, -0.2) is 126 Å². The second-order valence-electron chi connectivity index (χ2n) is 21.8. The lowest BCUT2D eigenvalue weighted by Crippen LogP contribution is -2.68. The largest absolute Gasteiger partial charge is 0.489 e. The summed E-state index contributed by atoms with van der Waals surface area (Å²) in [6, 6.07) is 16.2. The van der Waals surface area contributed by atoms with Crippen LogP contribution in [0.2, 0.25) is 0 Å². The molecule has 2 atom stereocenters. The number of aromatic nitrogens is 2. The molecular weight excluding hydrogens is 994 g/mol. The third-order valence-corrected chi connectivity index (χ3v) is 20.0. The zero-order valence-corrected chi connectivity index (χ0v) is 43.3. The summed E-state index contributed by atoms with van der Waals surface area (Å²) in [5, 5.41) is 30.8. The lowest BCUT2D eigenvalue weighted by molar-refractivity contribution is -0.384. The number of H-pyrrole nitrogens is 1. The highest BCUT2D eigenvalue weighted by atomic mass is 32.2. The number of piperazine rings is 1. The molecule has 3 aromatic carbocycles. The van der Waals surface area contributed by atoms with Crippen LogP contribution in [0.3, 0.4) is 0 Å². The van der Waals surface area contributed by atoms with Crippen molar-refractivity contribution < 1.29 is 45.5 Å². The van der Waals surface area contributed by atoms with Crippen LogP contribution in [0.25, 0.3) is 11.0 Å². The van der Waals surface area contributed by atoms with Crippen molar-refractivity contribution in [2.24, 2.45) is 11.3 Å². The van der Waals surface area contributed by atoms with Crippen LogP contribution in [0.4, 0.5) is 21.5 Å². The first-order valence-electron chi connectivity index (χ1n) is 25.6. The Kier molecular flexibility index (Phi) is 12.9. The Morgan fingerprint density at radius 1 is 0.986 bits per heavy atom. The molecule has 4 aliphatic heterocycles. The van der Waals surface area contributed by atoms with E-state index in [4.69, 9.17) is 9.47 Å². The molecule has 19 nitrogen and oxygen atoms in total. The number of sulfonamides is 2. The van der Waals surface area contributed by atoms with Gasteiger partial charge in [-0.3, -0.25) is 14.9 Å². The Balaban J connectivity index is 0.809. The van der Waals surface area contributed by atoms with Crippen molar-refractivity contribution in [2.75, 3.05) is 62.6 Å². The number of pyridine rings is 1. The molecule has 1 amide bonds. The molecule has 2 saturated carbocycles. The van der Waals surface area contributed by atoms with Crippen molar-refractivity contribution in [1.82, 2.24) is 29.0 Å². The Hall–Kier alpha value is -5.91. The van der Waals surface area contributed by atoms with E-state index in [0.717, 1.165) is 62.7 Å². The van der Waals surface area contributed by atoms with Gasteiger partial charge >= 0.3 is 0 Å². The Morgan fingerprint density at radius 2 is 1.73 bits per heavy atom. The molecule has 5 aromatic rings. The number of aromatic amines is 1. The highest BCUT2D eigenvalue weighted by Gasteiger charge is 2.51. The number of nitro groups is 1. The number of hydrogen-bond donors (Lipinski definition) is 4. The van der Waals surface area contributed by atoms with Gasteiger partial charge in [0.15, 0.2) is 11.4 Å². The molecule has 2 aromatic heterocycles. The smallest absolute Gasteiger partial charge is 0.297 e. The van der Waals surface area contributed by atoms with E-state index in [1.165, 1.54) is 23.9 Å². The van der Waals surface area contributed by atoms with Crippen molar-refractivity contribution in [1.29, 1.82) is 0 Å². The van der Waals surface area contributed by atoms with E-state index >= 15 is 0 Å². The van der Waals surface area contributed by atoms with E-state index in [2.05, 4.69) is 60.9 Å². The minimum Gasteiger partial charge on any atom is -0.489 e. The van der Waals surface area contributed by atoms with Crippen LogP contribution in [0, 0.1) is 27.3 Å². The molecule has 3 saturated heterocycles. The standard InChI is InChI=1S/C52H62FN9O10S2/c1-32(2)38-6-4-5-7-39(38)45-28-60(74(69,70)36-9-10-36)20-21-61(45)59-30-52(31-59)16-18-58(19-17-52)34-8-11-40(46(22-34)72-35-23-41-42(53)27-55-49(41)54-26-35)50(63)57-73(67,68)37-24-44(62(65)66)48-47(25-37)71-29-43(56-48)33-12-14-51(3,64)15-13-33/h4-8,11,22-27,32-33,36,43,45,56,64H,9-10,12-21,28-31H2,1-3H3,(H,54,55)(H,57,63)/t33-,43-,45-,51-/m1/s1. The Labute approximate surface area is 429 Å². The van der Waals surface area contributed by atoms with Crippen LogP contribution < -0.4 is 24.4 Å². The monoisotopic (exact) mass is 1060 g/mol. The zero-order chi connectivity index (χ0) is 51.9. The summed E-state index contributed by atoms with van der Waals surface area (Å²) < 4.78 is 85.9. The average Bonchev–Trinajstić information content (AvgIpc) is 4.18. The summed E-state index contributed by atoms with van der Waals surface area (Å²) in [4.78, 5) is 34.5. The number of nitro benzene ring substituents is 1. The van der Waals surface area contributed by atoms with E-state index in [-0.39, 0.29) is 80.7 Å². The van der Waals surface area contributed by atoms with E-state index in [0.29, 0.717) is 64.1 Å². The van der Waals surface area contributed by atoms with E-state index in [1.54, 1.807) is 23.4 Å². The summed E-state index contributed by atoms with van der Waals surface area (Å²) in [7, 11) is -8.11. The number of rotatable bonds is 13. The van der Waals surface area contributed by atoms with Gasteiger partial charge in [0, 0.05) is 81.3 Å². The van der Waals surface area contributed by atoms with Crippen molar-refractivity contribution in [3.8, 4) is 17.2 Å². The third kappa shape index (κ3) is 9.68. The minimum atomic E-state index is -4.76. The fourth-order valence-electron chi connectivity index (χ4n) is 11.8. The highest BCUT2D eigenvalue weighted by molar-refractivity contribution is 7.90. The first-order valence-corrected chi connectivity index (χ1v) is 28.6. The van der Waals surface area contributed by atoms with Gasteiger partial charge in [-0.25, -0.2) is 40.9 Å².